The number of halogens is 3. The summed E-state index contributed by atoms with van der Waals surface area (Å²) in [6, 6.07) is 8.39. The Kier molecular flexibility index (Phi) is 5.89. The number of rotatable bonds is 2. The van der Waals surface area contributed by atoms with Crippen LogP contribution in [0.2, 0.25) is 0 Å². The number of amides is 2. The smallest absolute Gasteiger partial charge is 0.257 e. The molecule has 0 spiro atoms. The Hall–Kier alpha value is -2.28. The van der Waals surface area contributed by atoms with Crippen molar-refractivity contribution in [1.29, 1.82) is 0 Å². The van der Waals surface area contributed by atoms with Crippen LogP contribution < -0.4 is 0 Å². The summed E-state index contributed by atoms with van der Waals surface area (Å²) >= 11 is 3.22. The Morgan fingerprint density at radius 3 is 2.11 bits per heavy atom. The molecule has 1 heterocycles. The fourth-order valence-electron chi connectivity index (χ4n) is 3.23. The number of hydrogen-bond acceptors (Lipinski definition) is 2. The Labute approximate surface area is 164 Å². The molecule has 0 aliphatic carbocycles. The van der Waals surface area contributed by atoms with Crippen molar-refractivity contribution in [3.8, 4) is 0 Å². The van der Waals surface area contributed by atoms with Crippen LogP contribution in [0.3, 0.4) is 0 Å². The van der Waals surface area contributed by atoms with Gasteiger partial charge in [0, 0.05) is 36.2 Å². The van der Waals surface area contributed by atoms with Gasteiger partial charge in [-0.2, -0.15) is 0 Å². The lowest BCUT2D eigenvalue weighted by molar-refractivity contribution is 0.0715. The first kappa shape index (κ1) is 19.5. The predicted molar refractivity (Wildman–Crippen MR) is 102 cm³/mol. The number of hydrogen-bond donors (Lipinski definition) is 0. The summed E-state index contributed by atoms with van der Waals surface area (Å²) in [5, 5.41) is 0. The summed E-state index contributed by atoms with van der Waals surface area (Å²) in [4.78, 5) is 28.6. The van der Waals surface area contributed by atoms with Crippen LogP contribution in [0, 0.1) is 18.6 Å². The molecule has 0 unspecified atom stereocenters. The van der Waals surface area contributed by atoms with E-state index in [0.717, 1.165) is 0 Å². The molecule has 2 aromatic rings. The highest BCUT2D eigenvalue weighted by Crippen LogP contribution is 2.22. The van der Waals surface area contributed by atoms with Crippen molar-refractivity contribution in [3.63, 3.8) is 0 Å². The molecule has 2 amide bonds. The van der Waals surface area contributed by atoms with Crippen molar-refractivity contribution >= 4 is 27.7 Å². The molecule has 0 atom stereocenters. The zero-order chi connectivity index (χ0) is 19.6. The number of benzene rings is 2. The van der Waals surface area contributed by atoms with Gasteiger partial charge in [-0.15, -0.1) is 0 Å². The maximum Gasteiger partial charge on any atom is 0.257 e. The lowest BCUT2D eigenvalue weighted by atomic mass is 10.1. The van der Waals surface area contributed by atoms with E-state index in [1.165, 1.54) is 30.3 Å². The first-order chi connectivity index (χ1) is 12.9. The Morgan fingerprint density at radius 2 is 1.52 bits per heavy atom. The van der Waals surface area contributed by atoms with Crippen molar-refractivity contribution in [2.45, 2.75) is 13.3 Å². The topological polar surface area (TPSA) is 40.6 Å². The van der Waals surface area contributed by atoms with Crippen LogP contribution in [-0.2, 0) is 0 Å². The molecule has 0 saturated carbocycles. The van der Waals surface area contributed by atoms with E-state index >= 15 is 0 Å². The molecule has 1 aliphatic rings. The van der Waals surface area contributed by atoms with E-state index in [1.54, 1.807) is 22.8 Å². The second-order valence-corrected chi connectivity index (χ2v) is 7.44. The Balaban J connectivity index is 1.72. The zero-order valence-corrected chi connectivity index (χ0v) is 16.4. The van der Waals surface area contributed by atoms with E-state index in [1.807, 2.05) is 0 Å². The minimum atomic E-state index is -0.560. The second kappa shape index (κ2) is 8.17. The molecule has 2 aromatic carbocycles. The predicted octanol–water partition coefficient (Wildman–Crippen LogP) is 4.02. The van der Waals surface area contributed by atoms with Crippen LogP contribution in [-0.4, -0.2) is 47.8 Å². The van der Waals surface area contributed by atoms with Crippen molar-refractivity contribution in [2.75, 3.05) is 26.2 Å². The summed E-state index contributed by atoms with van der Waals surface area (Å²) in [6.07, 6.45) is 0.593. The van der Waals surface area contributed by atoms with Gasteiger partial charge in [0.05, 0.1) is 5.56 Å². The highest BCUT2D eigenvalue weighted by atomic mass is 79.9. The molecule has 7 heteroatoms. The molecule has 0 aromatic heterocycles. The number of carbonyl (C=O) groups is 2. The fraction of sp³-hybridized carbons (Fsp3) is 0.300. The van der Waals surface area contributed by atoms with Gasteiger partial charge in [-0.25, -0.2) is 8.78 Å². The van der Waals surface area contributed by atoms with Gasteiger partial charge in [0.1, 0.15) is 11.6 Å². The molecule has 0 bridgehead atoms. The molecule has 1 aliphatic heterocycles. The monoisotopic (exact) mass is 436 g/mol. The van der Waals surface area contributed by atoms with Gasteiger partial charge in [0.2, 0.25) is 0 Å². The van der Waals surface area contributed by atoms with Crippen molar-refractivity contribution in [3.05, 3.63) is 69.2 Å². The Bertz CT molecular complexity index is 848. The first-order valence-corrected chi connectivity index (χ1v) is 9.46. The van der Waals surface area contributed by atoms with Crippen molar-refractivity contribution in [1.82, 2.24) is 9.80 Å². The Morgan fingerprint density at radius 1 is 0.926 bits per heavy atom. The average Bonchev–Trinajstić information content (AvgIpc) is 2.87. The highest BCUT2D eigenvalue weighted by Gasteiger charge is 2.26. The lowest BCUT2D eigenvalue weighted by Gasteiger charge is -2.23. The standard InChI is InChI=1S/C20H19BrF2N2O2/c1-13-11-15(21)12-17(23)18(13)20(27)25-8-2-7-24(9-10-25)19(26)14-3-5-16(22)6-4-14/h3-6,11-12H,2,7-10H2,1H3. The zero-order valence-electron chi connectivity index (χ0n) is 14.8. The maximum absolute atomic E-state index is 14.3. The SMILES string of the molecule is Cc1cc(Br)cc(F)c1C(=O)N1CCCN(C(=O)c2ccc(F)cc2)CC1. The van der Waals surface area contributed by atoms with Crippen molar-refractivity contribution in [2.24, 2.45) is 0 Å². The van der Waals surface area contributed by atoms with Gasteiger partial charge in [-0.3, -0.25) is 9.59 Å². The average molecular weight is 437 g/mol. The quantitative estimate of drug-likeness (QED) is 0.712. The van der Waals surface area contributed by atoms with E-state index in [2.05, 4.69) is 15.9 Å². The molecule has 27 heavy (non-hydrogen) atoms. The van der Waals surface area contributed by atoms with Gasteiger partial charge >= 0.3 is 0 Å². The first-order valence-electron chi connectivity index (χ1n) is 8.66. The summed E-state index contributed by atoms with van der Waals surface area (Å²) in [5.41, 5.74) is 1.04. The van der Waals surface area contributed by atoms with E-state index in [4.69, 9.17) is 0 Å². The second-order valence-electron chi connectivity index (χ2n) is 6.52. The third-order valence-corrected chi connectivity index (χ3v) is 5.09. The molecule has 1 fully saturated rings. The molecule has 1 saturated heterocycles. The third-order valence-electron chi connectivity index (χ3n) is 4.63. The minimum absolute atomic E-state index is 0.0662. The number of carbonyl (C=O) groups excluding carboxylic acids is 2. The van der Waals surface area contributed by atoms with Crippen LogP contribution in [0.1, 0.15) is 32.7 Å². The normalized spacial score (nSPS) is 14.8. The van der Waals surface area contributed by atoms with Gasteiger partial charge < -0.3 is 9.80 Å². The van der Waals surface area contributed by atoms with Crippen LogP contribution in [0.5, 0.6) is 0 Å². The maximum atomic E-state index is 14.3. The minimum Gasteiger partial charge on any atom is -0.337 e. The molecule has 0 N–H and O–H groups in total. The van der Waals surface area contributed by atoms with E-state index in [-0.39, 0.29) is 17.4 Å². The van der Waals surface area contributed by atoms with Crippen LogP contribution >= 0.6 is 15.9 Å². The van der Waals surface area contributed by atoms with Gasteiger partial charge in [0.25, 0.3) is 11.8 Å². The van der Waals surface area contributed by atoms with E-state index < -0.39 is 11.6 Å². The lowest BCUT2D eigenvalue weighted by Crippen LogP contribution is -2.37. The summed E-state index contributed by atoms with van der Waals surface area (Å²) in [6.45, 7) is 3.30. The summed E-state index contributed by atoms with van der Waals surface area (Å²) < 4.78 is 27.9. The van der Waals surface area contributed by atoms with Gasteiger partial charge in [-0.05, 0) is 55.3 Å². The van der Waals surface area contributed by atoms with E-state index in [0.29, 0.717) is 48.2 Å². The van der Waals surface area contributed by atoms with E-state index in [9.17, 15) is 18.4 Å². The molecule has 4 nitrogen and oxygen atoms in total. The number of nitrogens with zero attached hydrogens (tertiary/aromatic N) is 2. The largest absolute Gasteiger partial charge is 0.337 e. The van der Waals surface area contributed by atoms with Crippen LogP contribution in [0.15, 0.2) is 40.9 Å². The molecule has 0 radical (unpaired) electrons. The molecular formula is C20H19BrF2N2O2. The highest BCUT2D eigenvalue weighted by molar-refractivity contribution is 9.10. The van der Waals surface area contributed by atoms with Crippen molar-refractivity contribution < 1.29 is 18.4 Å². The molecule has 3 rings (SSSR count). The number of aryl methyl sites for hydroxylation is 1. The summed E-state index contributed by atoms with van der Waals surface area (Å²) in [5.74, 6) is -1.52. The van der Waals surface area contributed by atoms with Crippen LogP contribution in [0.25, 0.3) is 0 Å². The molecular weight excluding hydrogens is 418 g/mol. The molecule has 142 valence electrons. The third kappa shape index (κ3) is 4.35. The van der Waals surface area contributed by atoms with Gasteiger partial charge in [0.15, 0.2) is 0 Å². The fourth-order valence-corrected chi connectivity index (χ4v) is 3.77. The summed E-state index contributed by atoms with van der Waals surface area (Å²) in [7, 11) is 0. The van der Waals surface area contributed by atoms with Gasteiger partial charge in [-0.1, -0.05) is 15.9 Å². The van der Waals surface area contributed by atoms with Crippen LogP contribution in [0.4, 0.5) is 8.78 Å².